The van der Waals surface area contributed by atoms with E-state index in [1.54, 1.807) is 6.07 Å². The molecule has 35 heavy (non-hydrogen) atoms. The standard InChI is InChI=1S/C28H37F3N2O2/c1-26(2,3)19-27(4,5)20-12-14-23(15-13-20)33(22-9-7-10-22)17-16-25(34)32-21-8-6-11-24(18-21)35-28(29,30)31/h6,8,11-15,18,22H,7,9-10,16-17,19H2,1-5H3,(H,32,34). The number of carbonyl (C=O) groups excluding carboxylic acids is 1. The SMILES string of the molecule is CC(C)(C)CC(C)(C)c1ccc(N(CCC(=O)Nc2cccc(OC(F)(F)F)c2)C2CCC2)cc1. The second-order valence-electron chi connectivity index (χ2n) is 11.3. The lowest BCUT2D eigenvalue weighted by Crippen LogP contribution is -2.41. The lowest BCUT2D eigenvalue weighted by molar-refractivity contribution is -0.274. The maximum atomic E-state index is 12.6. The van der Waals surface area contributed by atoms with Crippen molar-refractivity contribution >= 4 is 17.3 Å². The molecule has 0 saturated heterocycles. The summed E-state index contributed by atoms with van der Waals surface area (Å²) < 4.78 is 41.3. The van der Waals surface area contributed by atoms with E-state index in [0.29, 0.717) is 12.6 Å². The lowest BCUT2D eigenvalue weighted by Gasteiger charge is -2.40. The predicted molar refractivity (Wildman–Crippen MR) is 135 cm³/mol. The molecule has 1 N–H and O–H groups in total. The van der Waals surface area contributed by atoms with Crippen LogP contribution in [0.4, 0.5) is 24.5 Å². The van der Waals surface area contributed by atoms with Crippen molar-refractivity contribution < 1.29 is 22.7 Å². The van der Waals surface area contributed by atoms with E-state index in [2.05, 4.69) is 73.8 Å². The number of carbonyl (C=O) groups is 1. The van der Waals surface area contributed by atoms with Crippen molar-refractivity contribution in [3.05, 3.63) is 54.1 Å². The van der Waals surface area contributed by atoms with Crippen LogP contribution < -0.4 is 15.0 Å². The van der Waals surface area contributed by atoms with Crippen LogP contribution in [-0.4, -0.2) is 24.9 Å². The van der Waals surface area contributed by atoms with E-state index >= 15 is 0 Å². The van der Waals surface area contributed by atoms with E-state index in [4.69, 9.17) is 0 Å². The van der Waals surface area contributed by atoms with E-state index in [0.717, 1.165) is 24.9 Å². The fraction of sp³-hybridized carbons (Fsp3) is 0.536. The summed E-state index contributed by atoms with van der Waals surface area (Å²) in [5, 5.41) is 2.69. The van der Waals surface area contributed by atoms with Gasteiger partial charge in [0.25, 0.3) is 0 Å². The Balaban J connectivity index is 1.64. The van der Waals surface area contributed by atoms with Gasteiger partial charge < -0.3 is 15.0 Å². The summed E-state index contributed by atoms with van der Waals surface area (Å²) in [6.07, 6.45) is -0.107. The second-order valence-corrected chi connectivity index (χ2v) is 11.3. The average Bonchev–Trinajstić information content (AvgIpc) is 2.67. The first-order valence-electron chi connectivity index (χ1n) is 12.2. The Morgan fingerprint density at radius 2 is 1.69 bits per heavy atom. The van der Waals surface area contributed by atoms with Gasteiger partial charge in [-0.15, -0.1) is 13.2 Å². The molecular weight excluding hydrogens is 453 g/mol. The van der Waals surface area contributed by atoms with Crippen LogP contribution in [0, 0.1) is 5.41 Å². The Labute approximate surface area is 206 Å². The number of nitrogens with one attached hydrogen (secondary N) is 1. The molecule has 1 aliphatic rings. The largest absolute Gasteiger partial charge is 0.573 e. The molecule has 0 aliphatic heterocycles. The molecular formula is C28H37F3N2O2. The molecule has 1 saturated carbocycles. The highest BCUT2D eigenvalue weighted by Crippen LogP contribution is 2.37. The number of rotatable bonds is 9. The Morgan fingerprint density at radius 1 is 1.03 bits per heavy atom. The van der Waals surface area contributed by atoms with Crippen LogP contribution in [0.3, 0.4) is 0 Å². The van der Waals surface area contributed by atoms with Gasteiger partial charge in [0.1, 0.15) is 5.75 Å². The minimum Gasteiger partial charge on any atom is -0.406 e. The van der Waals surface area contributed by atoms with E-state index < -0.39 is 6.36 Å². The van der Waals surface area contributed by atoms with Crippen LogP contribution >= 0.6 is 0 Å². The van der Waals surface area contributed by atoms with E-state index in [-0.39, 0.29) is 34.6 Å². The maximum absolute atomic E-state index is 12.6. The molecule has 7 heteroatoms. The maximum Gasteiger partial charge on any atom is 0.573 e. The fourth-order valence-corrected chi connectivity index (χ4v) is 4.97. The van der Waals surface area contributed by atoms with Gasteiger partial charge in [-0.1, -0.05) is 52.8 Å². The summed E-state index contributed by atoms with van der Waals surface area (Å²) >= 11 is 0. The number of anilines is 2. The molecule has 0 aromatic heterocycles. The number of alkyl halides is 3. The third kappa shape index (κ3) is 8.18. The van der Waals surface area contributed by atoms with Crippen LogP contribution in [0.2, 0.25) is 0 Å². The highest BCUT2D eigenvalue weighted by molar-refractivity contribution is 5.91. The lowest BCUT2D eigenvalue weighted by atomic mass is 9.72. The predicted octanol–water partition coefficient (Wildman–Crippen LogP) is 7.69. The van der Waals surface area contributed by atoms with Crippen molar-refractivity contribution in [2.75, 3.05) is 16.8 Å². The van der Waals surface area contributed by atoms with E-state index in [1.165, 1.54) is 30.2 Å². The fourth-order valence-electron chi connectivity index (χ4n) is 4.97. The Kier molecular flexibility index (Phi) is 8.07. The van der Waals surface area contributed by atoms with Gasteiger partial charge in [-0.25, -0.2) is 0 Å². The van der Waals surface area contributed by atoms with Crippen molar-refractivity contribution in [3.63, 3.8) is 0 Å². The first-order chi connectivity index (χ1) is 16.2. The minimum atomic E-state index is -4.77. The molecule has 2 aromatic rings. The molecule has 192 valence electrons. The van der Waals surface area contributed by atoms with Crippen LogP contribution in [0.5, 0.6) is 5.75 Å². The number of hydrogen-bond donors (Lipinski definition) is 1. The Morgan fingerprint density at radius 3 is 2.23 bits per heavy atom. The number of hydrogen-bond acceptors (Lipinski definition) is 3. The Bertz CT molecular complexity index is 990. The molecule has 2 aromatic carbocycles. The van der Waals surface area contributed by atoms with Crippen molar-refractivity contribution in [1.29, 1.82) is 0 Å². The van der Waals surface area contributed by atoms with Crippen molar-refractivity contribution in [3.8, 4) is 5.75 Å². The quantitative estimate of drug-likeness (QED) is 0.392. The van der Waals surface area contributed by atoms with Crippen molar-refractivity contribution in [1.82, 2.24) is 0 Å². The van der Waals surface area contributed by atoms with Gasteiger partial charge in [-0.05, 0) is 66.3 Å². The normalized spacial score (nSPS) is 14.9. The third-order valence-corrected chi connectivity index (χ3v) is 6.40. The zero-order valence-electron chi connectivity index (χ0n) is 21.3. The van der Waals surface area contributed by atoms with Gasteiger partial charge in [0.15, 0.2) is 0 Å². The van der Waals surface area contributed by atoms with Gasteiger partial charge >= 0.3 is 6.36 Å². The first kappa shape index (κ1) is 26.9. The summed E-state index contributed by atoms with van der Waals surface area (Å²) in [4.78, 5) is 14.9. The summed E-state index contributed by atoms with van der Waals surface area (Å²) in [5.41, 5.74) is 2.95. The van der Waals surface area contributed by atoms with Crippen LogP contribution in [-0.2, 0) is 10.2 Å². The van der Waals surface area contributed by atoms with Gasteiger partial charge in [-0.2, -0.15) is 0 Å². The average molecular weight is 491 g/mol. The van der Waals surface area contributed by atoms with E-state index in [1.807, 2.05) is 0 Å². The number of benzene rings is 2. The third-order valence-electron chi connectivity index (χ3n) is 6.40. The molecule has 3 rings (SSSR count). The molecule has 0 radical (unpaired) electrons. The second kappa shape index (κ2) is 10.5. The molecule has 0 unspecified atom stereocenters. The van der Waals surface area contributed by atoms with Crippen LogP contribution in [0.1, 0.15) is 72.3 Å². The Hall–Kier alpha value is -2.70. The van der Waals surface area contributed by atoms with Crippen LogP contribution in [0.25, 0.3) is 0 Å². The van der Waals surface area contributed by atoms with E-state index in [9.17, 15) is 18.0 Å². The first-order valence-corrected chi connectivity index (χ1v) is 12.2. The molecule has 1 fully saturated rings. The van der Waals surface area contributed by atoms with Gasteiger partial charge in [-0.3, -0.25) is 4.79 Å². The molecule has 1 amide bonds. The van der Waals surface area contributed by atoms with Gasteiger partial charge in [0.05, 0.1) is 0 Å². The topological polar surface area (TPSA) is 41.6 Å². The zero-order valence-corrected chi connectivity index (χ0v) is 21.3. The van der Waals surface area contributed by atoms with Crippen LogP contribution in [0.15, 0.2) is 48.5 Å². The van der Waals surface area contributed by atoms with Gasteiger partial charge in [0.2, 0.25) is 5.91 Å². The number of halogens is 3. The van der Waals surface area contributed by atoms with Crippen molar-refractivity contribution in [2.45, 2.75) is 84.5 Å². The summed E-state index contributed by atoms with van der Waals surface area (Å²) in [7, 11) is 0. The smallest absolute Gasteiger partial charge is 0.406 e. The number of ether oxygens (including phenoxy) is 1. The summed E-state index contributed by atoms with van der Waals surface area (Å²) in [5.74, 6) is -0.609. The molecule has 0 bridgehead atoms. The molecule has 4 nitrogen and oxygen atoms in total. The monoisotopic (exact) mass is 490 g/mol. The highest BCUT2D eigenvalue weighted by Gasteiger charge is 2.31. The molecule has 0 heterocycles. The zero-order chi connectivity index (χ0) is 25.9. The summed E-state index contributed by atoms with van der Waals surface area (Å²) in [6.45, 7) is 11.9. The molecule has 0 spiro atoms. The molecule has 0 atom stereocenters. The summed E-state index contributed by atoms with van der Waals surface area (Å²) in [6, 6.07) is 14.4. The van der Waals surface area contributed by atoms with Gasteiger partial charge in [0, 0.05) is 36.4 Å². The van der Waals surface area contributed by atoms with Crippen molar-refractivity contribution in [2.24, 2.45) is 5.41 Å². The minimum absolute atomic E-state index is 0.0579. The highest BCUT2D eigenvalue weighted by atomic mass is 19.4. The number of amides is 1. The molecule has 1 aliphatic carbocycles. The number of nitrogens with zero attached hydrogens (tertiary/aromatic N) is 1.